The number of carbonyl (C=O) groups excluding carboxylic acids is 2. The van der Waals surface area contributed by atoms with Crippen LogP contribution in [0.25, 0.3) is 0 Å². The highest BCUT2D eigenvalue weighted by molar-refractivity contribution is 7.89. The molecule has 1 N–H and O–H groups in total. The van der Waals surface area contributed by atoms with E-state index in [4.69, 9.17) is 4.74 Å². The molecule has 1 spiro atoms. The minimum atomic E-state index is -3.36. The number of hydrogen-bond donors (Lipinski definition) is 1. The number of sulfonamides is 1. The lowest BCUT2D eigenvalue weighted by atomic mass is 9.83. The topological polar surface area (TPSA) is 92.8 Å². The van der Waals surface area contributed by atoms with Crippen LogP contribution in [0.2, 0.25) is 0 Å². The number of esters is 1. The van der Waals surface area contributed by atoms with Crippen molar-refractivity contribution in [2.24, 2.45) is 0 Å². The standard InChI is InChI=1S/C18H21FN2O5S/c1-3-27(24,25)21-10-8-18(9-11-21)15(12(2)17(23)26-18)16(22)20-14-7-5-4-6-13(14)19/h4-7H,3,8-11H2,1-2H3,(H,20,22). The maximum Gasteiger partial charge on any atom is 0.335 e. The van der Waals surface area contributed by atoms with Gasteiger partial charge in [-0.2, -0.15) is 0 Å². The van der Waals surface area contributed by atoms with E-state index in [1.165, 1.54) is 29.4 Å². The Bertz CT molecular complexity index is 917. The summed E-state index contributed by atoms with van der Waals surface area (Å²) in [7, 11) is -3.36. The molecule has 9 heteroatoms. The van der Waals surface area contributed by atoms with E-state index in [1.807, 2.05) is 0 Å². The van der Waals surface area contributed by atoms with Gasteiger partial charge in [0.15, 0.2) is 0 Å². The molecule has 1 aromatic rings. The zero-order chi connectivity index (χ0) is 19.8. The van der Waals surface area contributed by atoms with Crippen molar-refractivity contribution in [3.8, 4) is 0 Å². The summed E-state index contributed by atoms with van der Waals surface area (Å²) in [6.45, 7) is 3.34. The van der Waals surface area contributed by atoms with E-state index in [0.717, 1.165) is 0 Å². The second-order valence-electron chi connectivity index (χ2n) is 6.62. The van der Waals surface area contributed by atoms with Crippen LogP contribution >= 0.6 is 0 Å². The quantitative estimate of drug-likeness (QED) is 0.784. The van der Waals surface area contributed by atoms with Gasteiger partial charge in [0, 0.05) is 31.5 Å². The minimum Gasteiger partial charge on any atom is -0.450 e. The van der Waals surface area contributed by atoms with Crippen molar-refractivity contribution in [3.05, 3.63) is 41.2 Å². The number of hydrogen-bond acceptors (Lipinski definition) is 5. The number of nitrogens with one attached hydrogen (secondary N) is 1. The molecule has 0 aromatic heterocycles. The van der Waals surface area contributed by atoms with E-state index in [1.54, 1.807) is 13.0 Å². The van der Waals surface area contributed by atoms with Gasteiger partial charge >= 0.3 is 5.97 Å². The fraction of sp³-hybridized carbons (Fsp3) is 0.444. The number of halogens is 1. The molecule has 146 valence electrons. The summed E-state index contributed by atoms with van der Waals surface area (Å²) in [5.74, 6) is -1.84. The molecule has 0 atom stereocenters. The van der Waals surface area contributed by atoms with Crippen LogP contribution in [0.3, 0.4) is 0 Å². The van der Waals surface area contributed by atoms with Crippen LogP contribution in [-0.2, 0) is 24.3 Å². The molecule has 2 aliphatic rings. The van der Waals surface area contributed by atoms with Gasteiger partial charge in [-0.15, -0.1) is 0 Å². The molecule has 1 amide bonds. The number of nitrogens with zero attached hydrogens (tertiary/aromatic N) is 1. The van der Waals surface area contributed by atoms with E-state index < -0.39 is 33.3 Å². The molecule has 2 aliphatic heterocycles. The van der Waals surface area contributed by atoms with Crippen molar-refractivity contribution >= 4 is 27.6 Å². The highest BCUT2D eigenvalue weighted by atomic mass is 32.2. The van der Waals surface area contributed by atoms with Crippen LogP contribution in [0, 0.1) is 5.82 Å². The van der Waals surface area contributed by atoms with E-state index in [2.05, 4.69) is 5.32 Å². The average Bonchev–Trinajstić information content (AvgIpc) is 2.87. The molecule has 1 fully saturated rings. The lowest BCUT2D eigenvalue weighted by Gasteiger charge is -2.38. The van der Waals surface area contributed by atoms with Crippen LogP contribution in [0.1, 0.15) is 26.7 Å². The second-order valence-corrected chi connectivity index (χ2v) is 8.87. The number of piperidine rings is 1. The third-order valence-electron chi connectivity index (χ3n) is 5.06. The van der Waals surface area contributed by atoms with Crippen molar-refractivity contribution in [1.82, 2.24) is 4.31 Å². The Morgan fingerprint density at radius 1 is 1.30 bits per heavy atom. The van der Waals surface area contributed by atoms with E-state index in [9.17, 15) is 22.4 Å². The van der Waals surface area contributed by atoms with Crippen molar-refractivity contribution in [3.63, 3.8) is 0 Å². The average molecular weight is 396 g/mol. The van der Waals surface area contributed by atoms with Crippen molar-refractivity contribution in [2.45, 2.75) is 32.3 Å². The zero-order valence-electron chi connectivity index (χ0n) is 15.1. The summed E-state index contributed by atoms with van der Waals surface area (Å²) < 4.78 is 44.8. The lowest BCUT2D eigenvalue weighted by Crippen LogP contribution is -2.49. The molecule has 0 aliphatic carbocycles. The van der Waals surface area contributed by atoms with Gasteiger partial charge < -0.3 is 10.1 Å². The van der Waals surface area contributed by atoms with Crippen LogP contribution < -0.4 is 5.32 Å². The van der Waals surface area contributed by atoms with Gasteiger partial charge in [0.2, 0.25) is 10.0 Å². The molecule has 7 nitrogen and oxygen atoms in total. The maximum atomic E-state index is 13.9. The molecule has 0 saturated carbocycles. The predicted molar refractivity (Wildman–Crippen MR) is 96.8 cm³/mol. The monoisotopic (exact) mass is 396 g/mol. The highest BCUT2D eigenvalue weighted by Crippen LogP contribution is 2.42. The Balaban J connectivity index is 1.86. The smallest absolute Gasteiger partial charge is 0.335 e. The number of para-hydroxylation sites is 1. The minimum absolute atomic E-state index is 0.00305. The van der Waals surface area contributed by atoms with Gasteiger partial charge in [0.25, 0.3) is 5.91 Å². The molecule has 0 radical (unpaired) electrons. The third kappa shape index (κ3) is 3.49. The largest absolute Gasteiger partial charge is 0.450 e. The van der Waals surface area contributed by atoms with Gasteiger partial charge in [-0.3, -0.25) is 4.79 Å². The Labute approximate surface area is 157 Å². The Hall–Kier alpha value is -2.26. The predicted octanol–water partition coefficient (Wildman–Crippen LogP) is 1.82. The fourth-order valence-corrected chi connectivity index (χ4v) is 4.64. The lowest BCUT2D eigenvalue weighted by molar-refractivity contribution is -0.149. The first-order valence-electron chi connectivity index (χ1n) is 8.68. The van der Waals surface area contributed by atoms with Gasteiger partial charge in [-0.1, -0.05) is 12.1 Å². The Kier molecular flexibility index (Phi) is 5.09. The first-order chi connectivity index (χ1) is 12.7. The third-order valence-corrected chi connectivity index (χ3v) is 6.94. The molecule has 1 aromatic carbocycles. The Morgan fingerprint density at radius 2 is 1.93 bits per heavy atom. The van der Waals surface area contributed by atoms with Gasteiger partial charge in [0.1, 0.15) is 11.4 Å². The van der Waals surface area contributed by atoms with Gasteiger partial charge in [0.05, 0.1) is 17.0 Å². The zero-order valence-corrected chi connectivity index (χ0v) is 15.9. The molecule has 1 saturated heterocycles. The molecule has 2 heterocycles. The summed E-state index contributed by atoms with van der Waals surface area (Å²) >= 11 is 0. The second kappa shape index (κ2) is 7.05. The van der Waals surface area contributed by atoms with Crippen molar-refractivity contribution in [2.75, 3.05) is 24.2 Å². The highest BCUT2D eigenvalue weighted by Gasteiger charge is 2.51. The summed E-state index contributed by atoms with van der Waals surface area (Å²) in [6, 6.07) is 5.73. The number of ether oxygens (including phenoxy) is 1. The number of benzene rings is 1. The van der Waals surface area contributed by atoms with Crippen LogP contribution in [-0.4, -0.2) is 49.0 Å². The van der Waals surface area contributed by atoms with Gasteiger partial charge in [-0.25, -0.2) is 21.9 Å². The number of amides is 1. The summed E-state index contributed by atoms with van der Waals surface area (Å²) in [4.78, 5) is 25.0. The van der Waals surface area contributed by atoms with E-state index >= 15 is 0 Å². The van der Waals surface area contributed by atoms with Gasteiger partial charge in [-0.05, 0) is 26.0 Å². The molecule has 27 heavy (non-hydrogen) atoms. The maximum absolute atomic E-state index is 13.9. The molecule has 0 bridgehead atoms. The molecular formula is C18H21FN2O5S. The normalized spacial score (nSPS) is 20.0. The van der Waals surface area contributed by atoms with E-state index in [-0.39, 0.29) is 48.5 Å². The first-order valence-corrected chi connectivity index (χ1v) is 10.3. The SMILES string of the molecule is CCS(=O)(=O)N1CCC2(CC1)OC(=O)C(C)=C2C(=O)Nc1ccccc1F. The molecular weight excluding hydrogens is 375 g/mol. The Morgan fingerprint density at radius 3 is 2.52 bits per heavy atom. The number of anilines is 1. The number of rotatable bonds is 4. The summed E-state index contributed by atoms with van der Waals surface area (Å²) in [5.41, 5.74) is -0.876. The van der Waals surface area contributed by atoms with Crippen LogP contribution in [0.15, 0.2) is 35.4 Å². The summed E-state index contributed by atoms with van der Waals surface area (Å²) in [5, 5.41) is 2.49. The fourth-order valence-electron chi connectivity index (χ4n) is 3.53. The molecule has 3 rings (SSSR count). The van der Waals surface area contributed by atoms with Crippen LogP contribution in [0.4, 0.5) is 10.1 Å². The van der Waals surface area contributed by atoms with Crippen molar-refractivity contribution < 1.29 is 27.1 Å². The summed E-state index contributed by atoms with van der Waals surface area (Å²) in [6.07, 6.45) is 0.352. The van der Waals surface area contributed by atoms with Crippen molar-refractivity contribution in [1.29, 1.82) is 0 Å². The van der Waals surface area contributed by atoms with Crippen LogP contribution in [0.5, 0.6) is 0 Å². The molecule has 0 unspecified atom stereocenters. The van der Waals surface area contributed by atoms with E-state index in [0.29, 0.717) is 0 Å². The number of carbonyl (C=O) groups is 2. The first kappa shape index (κ1) is 19.5.